The molecule has 0 amide bonds. The van der Waals surface area contributed by atoms with E-state index in [1.807, 2.05) is 37.3 Å². The molecule has 2 atom stereocenters. The summed E-state index contributed by atoms with van der Waals surface area (Å²) in [7, 11) is 0. The summed E-state index contributed by atoms with van der Waals surface area (Å²) in [5, 5.41) is 22.6. The average molecular weight is 267 g/mol. The van der Waals surface area contributed by atoms with Crippen LogP contribution in [0.2, 0.25) is 0 Å². The van der Waals surface area contributed by atoms with E-state index in [1.165, 1.54) is 0 Å². The fourth-order valence-corrected chi connectivity index (χ4v) is 1.58. The zero-order valence-corrected chi connectivity index (χ0v) is 11.8. The lowest BCUT2D eigenvalue weighted by atomic mass is 10.0. The molecule has 1 aromatic rings. The molecule has 0 aliphatic carbocycles. The molecule has 4 heteroatoms. The van der Waals surface area contributed by atoms with Gasteiger partial charge in [0.15, 0.2) is 0 Å². The number of hydrogen-bond acceptors (Lipinski definition) is 4. The van der Waals surface area contributed by atoms with Crippen LogP contribution in [-0.2, 0) is 11.3 Å². The molecule has 0 radical (unpaired) electrons. The Morgan fingerprint density at radius 3 is 2.63 bits per heavy atom. The normalized spacial score (nSPS) is 16.0. The second-order valence-corrected chi connectivity index (χ2v) is 5.14. The van der Waals surface area contributed by atoms with Crippen molar-refractivity contribution in [2.45, 2.75) is 38.6 Å². The Morgan fingerprint density at radius 2 is 2.00 bits per heavy atom. The van der Waals surface area contributed by atoms with Crippen molar-refractivity contribution in [1.82, 2.24) is 5.32 Å². The van der Waals surface area contributed by atoms with Gasteiger partial charge in [-0.05, 0) is 18.9 Å². The zero-order valence-electron chi connectivity index (χ0n) is 11.8. The number of hydrogen-bond donors (Lipinski definition) is 3. The molecule has 3 N–H and O–H groups in total. The molecule has 0 aliphatic heterocycles. The molecule has 4 nitrogen and oxygen atoms in total. The molecule has 0 aromatic heterocycles. The summed E-state index contributed by atoms with van der Waals surface area (Å²) in [4.78, 5) is 0. The second-order valence-electron chi connectivity index (χ2n) is 5.14. The van der Waals surface area contributed by atoms with Gasteiger partial charge in [-0.1, -0.05) is 37.3 Å². The van der Waals surface area contributed by atoms with Crippen LogP contribution in [0.15, 0.2) is 30.3 Å². The predicted molar refractivity (Wildman–Crippen MR) is 75.9 cm³/mol. The molecular weight excluding hydrogens is 242 g/mol. The van der Waals surface area contributed by atoms with E-state index in [2.05, 4.69) is 5.32 Å². The fraction of sp³-hybridized carbons (Fsp3) is 0.600. The van der Waals surface area contributed by atoms with Gasteiger partial charge >= 0.3 is 0 Å². The maximum Gasteiger partial charge on any atom is 0.0897 e. The smallest absolute Gasteiger partial charge is 0.0897 e. The van der Waals surface area contributed by atoms with Crippen LogP contribution in [0.4, 0.5) is 0 Å². The van der Waals surface area contributed by atoms with E-state index in [1.54, 1.807) is 6.92 Å². The topological polar surface area (TPSA) is 61.7 Å². The number of nitrogens with one attached hydrogen (secondary N) is 1. The van der Waals surface area contributed by atoms with Crippen LogP contribution >= 0.6 is 0 Å². The average Bonchev–Trinajstić information content (AvgIpc) is 2.40. The summed E-state index contributed by atoms with van der Waals surface area (Å²) in [6, 6.07) is 9.86. The van der Waals surface area contributed by atoms with E-state index in [-0.39, 0.29) is 6.61 Å². The minimum Gasteiger partial charge on any atom is -0.389 e. The molecule has 0 spiro atoms. The number of aliphatic hydroxyl groups is 2. The monoisotopic (exact) mass is 267 g/mol. The van der Waals surface area contributed by atoms with Gasteiger partial charge in [0.1, 0.15) is 0 Å². The highest BCUT2D eigenvalue weighted by atomic mass is 16.5. The van der Waals surface area contributed by atoms with Gasteiger partial charge in [-0.25, -0.2) is 0 Å². The molecule has 0 fully saturated rings. The van der Waals surface area contributed by atoms with Crippen molar-refractivity contribution in [1.29, 1.82) is 0 Å². The second kappa shape index (κ2) is 8.27. The Morgan fingerprint density at radius 1 is 1.32 bits per heavy atom. The largest absolute Gasteiger partial charge is 0.389 e. The molecular formula is C15H25NO3. The van der Waals surface area contributed by atoms with Crippen molar-refractivity contribution in [3.63, 3.8) is 0 Å². The minimum absolute atomic E-state index is 0.288. The van der Waals surface area contributed by atoms with Gasteiger partial charge in [0.2, 0.25) is 0 Å². The maximum atomic E-state index is 9.79. The highest BCUT2D eigenvalue weighted by Gasteiger charge is 2.17. The molecule has 0 saturated carbocycles. The lowest BCUT2D eigenvalue weighted by molar-refractivity contribution is 0.0200. The number of benzene rings is 1. The number of aliphatic hydroxyl groups excluding tert-OH is 1. The molecule has 19 heavy (non-hydrogen) atoms. The van der Waals surface area contributed by atoms with Gasteiger partial charge < -0.3 is 20.3 Å². The third-order valence-electron chi connectivity index (χ3n) is 3.07. The van der Waals surface area contributed by atoms with E-state index >= 15 is 0 Å². The van der Waals surface area contributed by atoms with Gasteiger partial charge in [-0.3, -0.25) is 0 Å². The summed E-state index contributed by atoms with van der Waals surface area (Å²) < 4.78 is 5.44. The predicted octanol–water partition coefficient (Wildman–Crippen LogP) is 1.31. The number of ether oxygens (including phenoxy) is 1. The van der Waals surface area contributed by atoms with E-state index < -0.39 is 11.7 Å². The first kappa shape index (κ1) is 16.1. The van der Waals surface area contributed by atoms with Crippen LogP contribution in [0.1, 0.15) is 25.8 Å². The standard InChI is InChI=1S/C15H25NO3/c1-3-15(2,18)12-16-9-14(17)11-19-10-13-7-5-4-6-8-13/h4-8,14,16-18H,3,9-12H2,1-2H3. The summed E-state index contributed by atoms with van der Waals surface area (Å²) in [6.45, 7) is 5.39. The Labute approximate surface area is 115 Å². The third kappa shape index (κ3) is 7.28. The molecule has 0 bridgehead atoms. The molecule has 108 valence electrons. The van der Waals surface area contributed by atoms with E-state index in [0.717, 1.165) is 5.56 Å². The first-order chi connectivity index (χ1) is 9.03. The SMILES string of the molecule is CCC(C)(O)CNCC(O)COCc1ccccc1. The van der Waals surface area contributed by atoms with Crippen molar-refractivity contribution in [3.05, 3.63) is 35.9 Å². The maximum absolute atomic E-state index is 9.79. The van der Waals surface area contributed by atoms with Crippen LogP contribution < -0.4 is 5.32 Å². The van der Waals surface area contributed by atoms with Gasteiger partial charge in [0, 0.05) is 13.1 Å². The van der Waals surface area contributed by atoms with Crippen LogP contribution in [0, 0.1) is 0 Å². The van der Waals surface area contributed by atoms with Crippen LogP contribution in [0.5, 0.6) is 0 Å². The zero-order chi connectivity index (χ0) is 14.1. The Bertz CT molecular complexity index is 341. The summed E-state index contributed by atoms with van der Waals surface area (Å²) >= 11 is 0. The molecule has 1 rings (SSSR count). The van der Waals surface area contributed by atoms with Crippen LogP contribution in [-0.4, -0.2) is 41.6 Å². The fourth-order valence-electron chi connectivity index (χ4n) is 1.58. The van der Waals surface area contributed by atoms with Crippen molar-refractivity contribution in [3.8, 4) is 0 Å². The van der Waals surface area contributed by atoms with Gasteiger partial charge in [-0.2, -0.15) is 0 Å². The highest BCUT2D eigenvalue weighted by Crippen LogP contribution is 2.05. The Hall–Kier alpha value is -0.940. The summed E-state index contributed by atoms with van der Waals surface area (Å²) in [5.74, 6) is 0. The summed E-state index contributed by atoms with van der Waals surface area (Å²) in [5.41, 5.74) is 0.376. The van der Waals surface area contributed by atoms with Crippen LogP contribution in [0.3, 0.4) is 0 Å². The Kier molecular flexibility index (Phi) is 7.02. The quantitative estimate of drug-likeness (QED) is 0.631. The lowest BCUT2D eigenvalue weighted by Crippen LogP contribution is -2.41. The van der Waals surface area contributed by atoms with Gasteiger partial charge in [0.05, 0.1) is 24.9 Å². The van der Waals surface area contributed by atoms with Crippen LogP contribution in [0.25, 0.3) is 0 Å². The molecule has 2 unspecified atom stereocenters. The van der Waals surface area contributed by atoms with Crippen molar-refractivity contribution >= 4 is 0 Å². The van der Waals surface area contributed by atoms with Crippen molar-refractivity contribution in [2.75, 3.05) is 19.7 Å². The first-order valence-corrected chi connectivity index (χ1v) is 6.76. The molecule has 0 saturated heterocycles. The summed E-state index contributed by atoms with van der Waals surface area (Å²) in [6.07, 6.45) is 0.122. The molecule has 0 aliphatic rings. The lowest BCUT2D eigenvalue weighted by Gasteiger charge is -2.22. The van der Waals surface area contributed by atoms with Crippen molar-refractivity contribution < 1.29 is 14.9 Å². The minimum atomic E-state index is -0.718. The van der Waals surface area contributed by atoms with Crippen molar-refractivity contribution in [2.24, 2.45) is 0 Å². The molecule has 0 heterocycles. The van der Waals surface area contributed by atoms with E-state index in [4.69, 9.17) is 4.74 Å². The molecule has 1 aromatic carbocycles. The Balaban J connectivity index is 2.10. The van der Waals surface area contributed by atoms with Gasteiger partial charge in [-0.15, -0.1) is 0 Å². The van der Waals surface area contributed by atoms with Gasteiger partial charge in [0.25, 0.3) is 0 Å². The van der Waals surface area contributed by atoms with E-state index in [9.17, 15) is 10.2 Å². The first-order valence-electron chi connectivity index (χ1n) is 6.76. The van der Waals surface area contributed by atoms with E-state index in [0.29, 0.717) is 26.1 Å². The number of rotatable bonds is 9. The highest BCUT2D eigenvalue weighted by molar-refractivity contribution is 5.13. The third-order valence-corrected chi connectivity index (χ3v) is 3.07.